The average Bonchev–Trinajstić information content (AvgIpc) is 3.28. The van der Waals surface area contributed by atoms with Gasteiger partial charge in [-0.2, -0.15) is 10.3 Å². The van der Waals surface area contributed by atoms with Gasteiger partial charge in [0.25, 0.3) is 5.82 Å². The number of aliphatic imine (C=N–C) groups is 1. The molecule has 1 aliphatic rings. The summed E-state index contributed by atoms with van der Waals surface area (Å²) in [4.78, 5) is 9.41. The Kier molecular flexibility index (Phi) is 4.58. The molecule has 1 aromatic carbocycles. The van der Waals surface area contributed by atoms with Crippen molar-refractivity contribution in [2.75, 3.05) is 6.54 Å². The maximum absolute atomic E-state index is 9.32. The Hall–Kier alpha value is -3.23. The summed E-state index contributed by atoms with van der Waals surface area (Å²) in [5.74, 6) is 1.04. The van der Waals surface area contributed by atoms with Crippen molar-refractivity contribution in [3.8, 4) is 11.8 Å². The van der Waals surface area contributed by atoms with Gasteiger partial charge in [-0.1, -0.05) is 13.0 Å². The van der Waals surface area contributed by atoms with Crippen molar-refractivity contribution in [2.24, 2.45) is 4.99 Å². The summed E-state index contributed by atoms with van der Waals surface area (Å²) in [7, 11) is 0. The van der Waals surface area contributed by atoms with Gasteiger partial charge in [0.2, 0.25) is 0 Å². The van der Waals surface area contributed by atoms with E-state index in [1.807, 2.05) is 35.2 Å². The molecule has 1 unspecified atom stereocenters. The van der Waals surface area contributed by atoms with E-state index in [2.05, 4.69) is 51.4 Å². The van der Waals surface area contributed by atoms with Crippen LogP contribution >= 0.6 is 0 Å². The topological polar surface area (TPSA) is 54.0 Å². The van der Waals surface area contributed by atoms with Gasteiger partial charge in [0, 0.05) is 23.6 Å². The second-order valence-corrected chi connectivity index (χ2v) is 7.46. The molecule has 5 heteroatoms. The summed E-state index contributed by atoms with van der Waals surface area (Å²) < 4.78 is 2.59. The molecule has 3 heterocycles. The lowest BCUT2D eigenvalue weighted by Crippen LogP contribution is -2.46. The number of quaternary nitrogens is 1. The maximum Gasteiger partial charge on any atom is 0.260 e. The molecule has 2 aromatic heterocycles. The first-order chi connectivity index (χ1) is 13.6. The molecule has 0 N–H and O–H groups in total. The van der Waals surface area contributed by atoms with Gasteiger partial charge in [-0.25, -0.2) is 9.47 Å². The van der Waals surface area contributed by atoms with Gasteiger partial charge in [0.1, 0.15) is 18.3 Å². The first-order valence-corrected chi connectivity index (χ1v) is 9.63. The van der Waals surface area contributed by atoms with Gasteiger partial charge in [-0.05, 0) is 61.7 Å². The first-order valence-electron chi connectivity index (χ1n) is 9.63. The molecule has 0 radical (unpaired) electrons. The van der Waals surface area contributed by atoms with Crippen molar-refractivity contribution in [3.63, 3.8) is 0 Å². The first kappa shape index (κ1) is 18.1. The highest BCUT2D eigenvalue weighted by atomic mass is 15.4. The molecule has 0 fully saturated rings. The Balaban J connectivity index is 1.71. The molecule has 0 bridgehead atoms. The molecule has 4 rings (SSSR count). The van der Waals surface area contributed by atoms with Gasteiger partial charge in [-0.15, -0.1) is 0 Å². The van der Waals surface area contributed by atoms with Gasteiger partial charge >= 0.3 is 0 Å². The van der Waals surface area contributed by atoms with Crippen molar-refractivity contribution < 1.29 is 0 Å². The molecule has 0 aliphatic carbocycles. The number of hydrogen-bond acceptors (Lipinski definition) is 3. The minimum Gasteiger partial charge on any atom is -0.308 e. The number of benzene rings is 1. The molecular formula is C23H24N5+. The van der Waals surface area contributed by atoms with Crippen LogP contribution in [0, 0.1) is 25.2 Å². The zero-order valence-electron chi connectivity index (χ0n) is 16.6. The lowest BCUT2D eigenvalue weighted by Gasteiger charge is -2.29. The van der Waals surface area contributed by atoms with E-state index in [0.29, 0.717) is 10.2 Å². The Morgan fingerprint density at radius 3 is 2.75 bits per heavy atom. The molecule has 5 nitrogen and oxygen atoms in total. The second-order valence-electron chi connectivity index (χ2n) is 7.46. The number of rotatable bonds is 5. The summed E-state index contributed by atoms with van der Waals surface area (Å²) in [6, 6.07) is 14.5. The zero-order valence-corrected chi connectivity index (χ0v) is 16.6. The van der Waals surface area contributed by atoms with Crippen molar-refractivity contribution in [3.05, 3.63) is 71.2 Å². The number of nitrogens with zero attached hydrogens (tertiary/aromatic N) is 5. The fourth-order valence-electron chi connectivity index (χ4n) is 4.10. The van der Waals surface area contributed by atoms with Crippen LogP contribution in [0.5, 0.6) is 0 Å². The fraction of sp³-hybridized carbons (Fsp3) is 0.261. The van der Waals surface area contributed by atoms with Crippen molar-refractivity contribution in [1.82, 2.24) is 14.0 Å². The molecule has 0 saturated heterocycles. The van der Waals surface area contributed by atoms with E-state index >= 15 is 0 Å². The van der Waals surface area contributed by atoms with Crippen LogP contribution in [0.4, 0.5) is 11.5 Å². The Bertz CT molecular complexity index is 1100. The minimum absolute atomic E-state index is 0.644. The summed E-state index contributed by atoms with van der Waals surface area (Å²) in [5, 5.41) is 9.32. The van der Waals surface area contributed by atoms with Crippen LogP contribution in [0.15, 0.2) is 53.8 Å². The number of aromatic nitrogens is 2. The van der Waals surface area contributed by atoms with Crippen molar-refractivity contribution in [2.45, 2.75) is 33.7 Å². The van der Waals surface area contributed by atoms with Gasteiger partial charge in [0.05, 0.1) is 6.54 Å². The lowest BCUT2D eigenvalue weighted by atomic mass is 10.1. The van der Waals surface area contributed by atoms with E-state index in [4.69, 9.17) is 9.98 Å². The Labute approximate surface area is 165 Å². The van der Waals surface area contributed by atoms with Crippen molar-refractivity contribution >= 4 is 17.8 Å². The van der Waals surface area contributed by atoms with Gasteiger partial charge in [0.15, 0.2) is 12.0 Å². The highest BCUT2D eigenvalue weighted by molar-refractivity contribution is 5.87. The summed E-state index contributed by atoms with van der Waals surface area (Å²) >= 11 is 0. The van der Waals surface area contributed by atoms with Crippen LogP contribution in [0.1, 0.15) is 35.7 Å². The van der Waals surface area contributed by atoms with Crippen molar-refractivity contribution in [1.29, 1.82) is 5.26 Å². The largest absolute Gasteiger partial charge is 0.308 e. The second kappa shape index (κ2) is 7.06. The third-order valence-electron chi connectivity index (χ3n) is 5.41. The van der Waals surface area contributed by atoms with E-state index in [-0.39, 0.29) is 0 Å². The molecule has 3 aromatic rings. The minimum atomic E-state index is 0.644. The van der Waals surface area contributed by atoms with E-state index in [0.717, 1.165) is 42.3 Å². The molecule has 28 heavy (non-hydrogen) atoms. The molecule has 0 spiro atoms. The van der Waals surface area contributed by atoms with Crippen LogP contribution < -0.4 is 4.48 Å². The molecule has 1 atom stereocenters. The quantitative estimate of drug-likeness (QED) is 0.597. The van der Waals surface area contributed by atoms with Crippen LogP contribution in [-0.4, -0.2) is 22.4 Å². The SMILES string of the molecule is CCC[N+]1(Cc2ccc(-n3cccc3C#N)c(C)c2)C=Nc2c(C)ccnc21. The number of pyridine rings is 1. The zero-order chi connectivity index (χ0) is 19.7. The third-order valence-corrected chi connectivity index (χ3v) is 5.41. The highest BCUT2D eigenvalue weighted by Crippen LogP contribution is 2.40. The van der Waals surface area contributed by atoms with Gasteiger partial charge < -0.3 is 4.57 Å². The predicted molar refractivity (Wildman–Crippen MR) is 113 cm³/mol. The smallest absolute Gasteiger partial charge is 0.260 e. The van der Waals surface area contributed by atoms with E-state index in [1.54, 1.807) is 0 Å². The molecule has 1 aliphatic heterocycles. The van der Waals surface area contributed by atoms with Crippen LogP contribution in [0.3, 0.4) is 0 Å². The number of hydrogen-bond donors (Lipinski definition) is 0. The fourth-order valence-corrected chi connectivity index (χ4v) is 4.10. The molecular weight excluding hydrogens is 346 g/mol. The predicted octanol–water partition coefficient (Wildman–Crippen LogP) is 4.95. The maximum atomic E-state index is 9.32. The monoisotopic (exact) mass is 370 g/mol. The third kappa shape index (κ3) is 2.92. The van der Waals surface area contributed by atoms with E-state index < -0.39 is 0 Å². The number of fused-ring (bicyclic) bond motifs is 1. The molecule has 0 amide bonds. The van der Waals surface area contributed by atoms with E-state index in [9.17, 15) is 5.26 Å². The summed E-state index contributed by atoms with van der Waals surface area (Å²) in [5.41, 5.74) is 6.25. The average molecular weight is 370 g/mol. The van der Waals surface area contributed by atoms with Gasteiger partial charge in [-0.3, -0.25) is 0 Å². The van der Waals surface area contributed by atoms with Crippen LogP contribution in [0.25, 0.3) is 5.69 Å². The number of nitriles is 1. The number of aryl methyl sites for hydroxylation is 2. The van der Waals surface area contributed by atoms with E-state index in [1.165, 1.54) is 11.1 Å². The molecule has 140 valence electrons. The highest BCUT2D eigenvalue weighted by Gasteiger charge is 2.38. The normalized spacial score (nSPS) is 17.5. The Morgan fingerprint density at radius 1 is 1.14 bits per heavy atom. The summed E-state index contributed by atoms with van der Waals surface area (Å²) in [6.45, 7) is 8.17. The lowest BCUT2D eigenvalue weighted by molar-refractivity contribution is 0.412. The van der Waals surface area contributed by atoms with Crippen LogP contribution in [0.2, 0.25) is 0 Å². The standard InChI is InChI=1S/C23H24N5/c1-4-12-28(16-26-22-17(2)9-10-25-23(22)28)15-19-7-8-21(18(3)13-19)27-11-5-6-20(27)14-24/h5-11,13,16H,4,12,15H2,1-3H3/q+1. The molecule has 0 saturated carbocycles. The van der Waals surface area contributed by atoms with Crippen LogP contribution in [-0.2, 0) is 6.54 Å². The summed E-state index contributed by atoms with van der Waals surface area (Å²) in [6.07, 6.45) is 6.92. The Morgan fingerprint density at radius 2 is 2.00 bits per heavy atom.